The highest BCUT2D eigenvalue weighted by Crippen LogP contribution is 2.32. The minimum Gasteiger partial charge on any atom is -0.274 e. The van der Waals surface area contributed by atoms with Crippen LogP contribution in [0, 0.1) is 0 Å². The van der Waals surface area contributed by atoms with E-state index in [9.17, 15) is 13.2 Å². The van der Waals surface area contributed by atoms with Crippen molar-refractivity contribution in [3.05, 3.63) is 23.8 Å². The molecule has 0 aliphatic rings. The number of para-hydroxylation sites is 1. The van der Waals surface area contributed by atoms with Crippen molar-refractivity contribution in [2.45, 2.75) is 26.7 Å². The molecule has 1 aromatic heterocycles. The van der Waals surface area contributed by atoms with Crippen molar-refractivity contribution >= 4 is 32.7 Å². The van der Waals surface area contributed by atoms with Gasteiger partial charge in [0.05, 0.1) is 11.8 Å². The molecule has 1 amide bonds. The number of rotatable bonds is 3. The number of hydrogen-bond donors (Lipinski definition) is 0. The molecule has 0 bridgehead atoms. The van der Waals surface area contributed by atoms with Gasteiger partial charge < -0.3 is 0 Å². The molecule has 0 saturated carbocycles. The van der Waals surface area contributed by atoms with Crippen LogP contribution in [0.5, 0.6) is 0 Å². The fourth-order valence-electron chi connectivity index (χ4n) is 2.50. The molecule has 0 fully saturated rings. The number of hydrogen-bond acceptors (Lipinski definition) is 4. The molecule has 1 aromatic carbocycles. The summed E-state index contributed by atoms with van der Waals surface area (Å²) in [5.41, 5.74) is 1.91. The number of carbonyl (C=O) groups excluding carboxylic acids is 1. The minimum absolute atomic E-state index is 0.157. The van der Waals surface area contributed by atoms with Gasteiger partial charge in [0.2, 0.25) is 15.9 Å². The standard InChI is InChI=1S/C14H19N3O3S/c1-9(2)11-7-6-8-12-13(11)16(4)15-14(12)17(10(3)18)21(5,19)20/h6-9H,1-5H3. The molecule has 2 rings (SSSR count). The normalized spacial score (nSPS) is 12.1. The van der Waals surface area contributed by atoms with Crippen LogP contribution in [0.2, 0.25) is 0 Å². The quantitative estimate of drug-likeness (QED) is 0.869. The first kappa shape index (κ1) is 15.5. The highest BCUT2D eigenvalue weighted by Gasteiger charge is 2.28. The average molecular weight is 309 g/mol. The monoisotopic (exact) mass is 309 g/mol. The van der Waals surface area contributed by atoms with E-state index in [1.807, 2.05) is 12.1 Å². The van der Waals surface area contributed by atoms with Gasteiger partial charge in [-0.3, -0.25) is 9.48 Å². The number of aryl methyl sites for hydroxylation is 1. The zero-order chi connectivity index (χ0) is 15.9. The zero-order valence-electron chi connectivity index (χ0n) is 12.8. The van der Waals surface area contributed by atoms with Crippen LogP contribution >= 0.6 is 0 Å². The molecule has 7 heteroatoms. The zero-order valence-corrected chi connectivity index (χ0v) is 13.6. The van der Waals surface area contributed by atoms with Crippen LogP contribution in [0.1, 0.15) is 32.3 Å². The molecule has 0 radical (unpaired) electrons. The summed E-state index contributed by atoms with van der Waals surface area (Å²) < 4.78 is 26.2. The maximum absolute atomic E-state index is 11.9. The van der Waals surface area contributed by atoms with Crippen LogP contribution in [-0.4, -0.2) is 30.4 Å². The summed E-state index contributed by atoms with van der Waals surface area (Å²) in [5.74, 6) is -0.154. The van der Waals surface area contributed by atoms with Crippen molar-refractivity contribution in [3.8, 4) is 0 Å². The van der Waals surface area contributed by atoms with Crippen molar-refractivity contribution in [2.75, 3.05) is 10.6 Å². The Labute approximate surface area is 124 Å². The Kier molecular flexibility index (Phi) is 3.79. The Balaban J connectivity index is 2.84. The number of aromatic nitrogens is 2. The summed E-state index contributed by atoms with van der Waals surface area (Å²) in [4.78, 5) is 11.8. The second-order valence-electron chi connectivity index (χ2n) is 5.39. The van der Waals surface area contributed by atoms with Gasteiger partial charge in [0.25, 0.3) is 0 Å². The van der Waals surface area contributed by atoms with Crippen molar-refractivity contribution in [1.29, 1.82) is 0 Å². The number of nitrogens with zero attached hydrogens (tertiary/aromatic N) is 3. The lowest BCUT2D eigenvalue weighted by molar-refractivity contribution is -0.115. The number of amides is 1. The molecule has 1 heterocycles. The lowest BCUT2D eigenvalue weighted by Crippen LogP contribution is -2.34. The highest BCUT2D eigenvalue weighted by atomic mass is 32.2. The average Bonchev–Trinajstić information content (AvgIpc) is 2.64. The van der Waals surface area contributed by atoms with Crippen molar-refractivity contribution < 1.29 is 13.2 Å². The van der Waals surface area contributed by atoms with E-state index in [-0.39, 0.29) is 11.7 Å². The van der Waals surface area contributed by atoms with Crippen LogP contribution < -0.4 is 4.31 Å². The molecule has 6 nitrogen and oxygen atoms in total. The summed E-state index contributed by atoms with van der Waals surface area (Å²) in [6.07, 6.45) is 1.00. The van der Waals surface area contributed by atoms with Crippen LogP contribution in [0.25, 0.3) is 10.9 Å². The second kappa shape index (κ2) is 5.14. The van der Waals surface area contributed by atoms with E-state index >= 15 is 0 Å². The minimum atomic E-state index is -3.72. The Morgan fingerprint density at radius 1 is 1.33 bits per heavy atom. The SMILES string of the molecule is CC(=O)N(c1nn(C)c2c(C(C)C)cccc12)S(C)(=O)=O. The van der Waals surface area contributed by atoms with Gasteiger partial charge in [0.1, 0.15) is 0 Å². The van der Waals surface area contributed by atoms with E-state index in [2.05, 4.69) is 18.9 Å². The topological polar surface area (TPSA) is 72.3 Å². The number of fused-ring (bicyclic) bond motifs is 1. The summed E-state index contributed by atoms with van der Waals surface area (Å²) >= 11 is 0. The molecule has 0 spiro atoms. The molecule has 0 atom stereocenters. The smallest absolute Gasteiger partial charge is 0.240 e. The largest absolute Gasteiger partial charge is 0.274 e. The predicted molar refractivity (Wildman–Crippen MR) is 82.8 cm³/mol. The van der Waals surface area contributed by atoms with E-state index in [0.717, 1.165) is 21.6 Å². The van der Waals surface area contributed by atoms with Gasteiger partial charge in [-0.05, 0) is 17.5 Å². The maximum Gasteiger partial charge on any atom is 0.240 e. The van der Waals surface area contributed by atoms with Crippen molar-refractivity contribution in [1.82, 2.24) is 9.78 Å². The lowest BCUT2D eigenvalue weighted by Gasteiger charge is -2.16. The Morgan fingerprint density at radius 2 is 1.95 bits per heavy atom. The Bertz CT molecular complexity index is 806. The Hall–Kier alpha value is -1.89. The van der Waals surface area contributed by atoms with Crippen LogP contribution in [0.3, 0.4) is 0 Å². The third kappa shape index (κ3) is 2.65. The molecule has 0 N–H and O–H groups in total. The number of sulfonamides is 1. The summed E-state index contributed by atoms with van der Waals surface area (Å²) in [6.45, 7) is 5.33. The summed E-state index contributed by atoms with van der Waals surface area (Å²) in [7, 11) is -1.97. The van der Waals surface area contributed by atoms with Gasteiger partial charge in [-0.1, -0.05) is 26.0 Å². The molecule has 21 heavy (non-hydrogen) atoms. The van der Waals surface area contributed by atoms with Crippen LogP contribution in [0.15, 0.2) is 18.2 Å². The molecular weight excluding hydrogens is 290 g/mol. The third-order valence-electron chi connectivity index (χ3n) is 3.31. The third-order valence-corrected chi connectivity index (χ3v) is 4.40. The predicted octanol–water partition coefficient (Wildman–Crippen LogP) is 2.01. The maximum atomic E-state index is 11.9. The molecule has 0 aliphatic heterocycles. The molecule has 0 saturated heterocycles. The van der Waals surface area contributed by atoms with Gasteiger partial charge in [-0.15, -0.1) is 0 Å². The van der Waals surface area contributed by atoms with Crippen molar-refractivity contribution in [3.63, 3.8) is 0 Å². The van der Waals surface area contributed by atoms with E-state index in [1.54, 1.807) is 17.8 Å². The van der Waals surface area contributed by atoms with Gasteiger partial charge in [0.15, 0.2) is 5.82 Å². The Morgan fingerprint density at radius 3 is 2.43 bits per heavy atom. The molecule has 0 aliphatic carbocycles. The first-order valence-electron chi connectivity index (χ1n) is 6.61. The highest BCUT2D eigenvalue weighted by molar-refractivity contribution is 7.92. The van der Waals surface area contributed by atoms with Crippen molar-refractivity contribution in [2.24, 2.45) is 7.05 Å². The molecule has 0 unspecified atom stereocenters. The van der Waals surface area contributed by atoms with Crippen LogP contribution in [-0.2, 0) is 21.9 Å². The number of benzene rings is 1. The first-order valence-corrected chi connectivity index (χ1v) is 8.46. The van der Waals surface area contributed by atoms with E-state index in [0.29, 0.717) is 5.39 Å². The lowest BCUT2D eigenvalue weighted by atomic mass is 10.0. The fraction of sp³-hybridized carbons (Fsp3) is 0.429. The summed E-state index contributed by atoms with van der Waals surface area (Å²) in [6, 6.07) is 5.62. The van der Waals surface area contributed by atoms with Gasteiger partial charge >= 0.3 is 0 Å². The number of carbonyl (C=O) groups is 1. The van der Waals surface area contributed by atoms with Crippen LogP contribution in [0.4, 0.5) is 5.82 Å². The summed E-state index contributed by atoms with van der Waals surface area (Å²) in [5, 5.41) is 4.92. The fourth-order valence-corrected chi connectivity index (χ4v) is 3.42. The van der Waals surface area contributed by atoms with E-state index < -0.39 is 15.9 Å². The molecule has 114 valence electrons. The van der Waals surface area contributed by atoms with E-state index in [1.165, 1.54) is 6.92 Å². The van der Waals surface area contributed by atoms with Gasteiger partial charge in [-0.25, -0.2) is 8.42 Å². The molecule has 2 aromatic rings. The number of anilines is 1. The van der Waals surface area contributed by atoms with Gasteiger partial charge in [-0.2, -0.15) is 9.40 Å². The van der Waals surface area contributed by atoms with E-state index in [4.69, 9.17) is 0 Å². The first-order chi connectivity index (χ1) is 9.64. The molecular formula is C14H19N3O3S. The van der Waals surface area contributed by atoms with Gasteiger partial charge in [0, 0.05) is 19.4 Å². The second-order valence-corrected chi connectivity index (χ2v) is 7.22.